The van der Waals surface area contributed by atoms with Gasteiger partial charge in [-0.05, 0) is 68.8 Å². The highest BCUT2D eigenvalue weighted by Crippen LogP contribution is 2.27. The van der Waals surface area contributed by atoms with Gasteiger partial charge in [0, 0.05) is 28.8 Å². The normalized spacial score (nSPS) is 16.9. The molecule has 0 amide bonds. The zero-order chi connectivity index (χ0) is 16.5. The molecule has 0 unspecified atom stereocenters. The standard InChI is InChI=1S/C19H22N4O.2ClH/c1-23-8-2-4-15(23)10-13-12-21-17-7-6-14(11-16(13)17)22-19(20)18-5-3-9-24-18;;/h3,5-7,9,11-12,15,21H,2,4,8,10H2,1H3,(H2,20,22);2*1H/t15-;;/m0../s1. The van der Waals surface area contributed by atoms with E-state index in [4.69, 9.17) is 9.83 Å². The number of rotatable bonds is 4. The number of likely N-dealkylation sites (N-methyl/N-ethyl adjacent to an activating group) is 1. The van der Waals surface area contributed by atoms with Crippen molar-refractivity contribution in [3.63, 3.8) is 0 Å². The molecule has 140 valence electrons. The number of hydrogen-bond acceptors (Lipinski definition) is 3. The van der Waals surface area contributed by atoms with Gasteiger partial charge in [-0.2, -0.15) is 0 Å². The van der Waals surface area contributed by atoms with Crippen molar-refractivity contribution in [1.29, 1.82) is 5.41 Å². The zero-order valence-corrected chi connectivity index (χ0v) is 16.3. The highest BCUT2D eigenvalue weighted by atomic mass is 35.5. The third-order valence-electron chi connectivity index (χ3n) is 4.93. The molecule has 2 aromatic heterocycles. The minimum Gasteiger partial charge on any atom is -0.461 e. The number of aromatic nitrogens is 1. The largest absolute Gasteiger partial charge is 0.461 e. The summed E-state index contributed by atoms with van der Waals surface area (Å²) in [4.78, 5) is 5.82. The predicted molar refractivity (Wildman–Crippen MR) is 111 cm³/mol. The van der Waals surface area contributed by atoms with Crippen molar-refractivity contribution in [2.24, 2.45) is 0 Å². The summed E-state index contributed by atoms with van der Waals surface area (Å²) in [6.45, 7) is 1.19. The molecule has 0 radical (unpaired) electrons. The van der Waals surface area contributed by atoms with Crippen molar-refractivity contribution >= 4 is 47.2 Å². The Morgan fingerprint density at radius 1 is 1.35 bits per heavy atom. The molecular weight excluding hydrogens is 371 g/mol. The van der Waals surface area contributed by atoms with Gasteiger partial charge in [-0.15, -0.1) is 24.8 Å². The molecule has 1 aromatic carbocycles. The second-order valence-electron chi connectivity index (χ2n) is 6.53. The molecule has 0 saturated carbocycles. The van der Waals surface area contributed by atoms with Gasteiger partial charge in [0.2, 0.25) is 0 Å². The van der Waals surface area contributed by atoms with Gasteiger partial charge in [0.1, 0.15) is 0 Å². The zero-order valence-electron chi connectivity index (χ0n) is 14.6. The molecule has 1 aliphatic heterocycles. The smallest absolute Gasteiger partial charge is 0.168 e. The lowest BCUT2D eigenvalue weighted by atomic mass is 10.0. The van der Waals surface area contributed by atoms with E-state index < -0.39 is 0 Å². The van der Waals surface area contributed by atoms with Gasteiger partial charge >= 0.3 is 0 Å². The lowest BCUT2D eigenvalue weighted by Crippen LogP contribution is -2.26. The Morgan fingerprint density at radius 3 is 2.88 bits per heavy atom. The number of amidine groups is 1. The van der Waals surface area contributed by atoms with Crippen LogP contribution in [0.4, 0.5) is 5.69 Å². The fourth-order valence-corrected chi connectivity index (χ4v) is 3.54. The first-order valence-electron chi connectivity index (χ1n) is 8.40. The monoisotopic (exact) mass is 394 g/mol. The van der Waals surface area contributed by atoms with Crippen LogP contribution in [0, 0.1) is 5.41 Å². The molecule has 4 rings (SSSR count). The van der Waals surface area contributed by atoms with E-state index in [9.17, 15) is 0 Å². The molecule has 3 heterocycles. The number of H-pyrrole nitrogens is 1. The van der Waals surface area contributed by atoms with E-state index in [0.29, 0.717) is 11.8 Å². The van der Waals surface area contributed by atoms with Gasteiger partial charge in [0.05, 0.1) is 6.26 Å². The molecule has 1 aliphatic rings. The van der Waals surface area contributed by atoms with Crippen molar-refractivity contribution in [2.75, 3.05) is 18.9 Å². The van der Waals surface area contributed by atoms with Crippen molar-refractivity contribution in [3.05, 3.63) is 54.1 Å². The van der Waals surface area contributed by atoms with E-state index in [2.05, 4.69) is 40.6 Å². The molecule has 3 aromatic rings. The SMILES string of the molecule is CN1CCC[C@H]1Cc1c[nH]c2ccc(NC(=N)c3ccco3)cc12.Cl.Cl. The summed E-state index contributed by atoms with van der Waals surface area (Å²) in [7, 11) is 2.21. The van der Waals surface area contributed by atoms with E-state index in [1.807, 2.05) is 6.07 Å². The molecular formula is C19H24Cl2N4O. The highest BCUT2D eigenvalue weighted by molar-refractivity contribution is 6.05. The number of hydrogen-bond donors (Lipinski definition) is 3. The van der Waals surface area contributed by atoms with E-state index >= 15 is 0 Å². The number of likely N-dealkylation sites (tertiary alicyclic amines) is 1. The number of fused-ring (bicyclic) bond motifs is 1. The summed E-state index contributed by atoms with van der Waals surface area (Å²) in [5.74, 6) is 0.809. The second-order valence-corrected chi connectivity index (χ2v) is 6.53. The lowest BCUT2D eigenvalue weighted by Gasteiger charge is -2.18. The predicted octanol–water partition coefficient (Wildman–Crippen LogP) is 4.68. The van der Waals surface area contributed by atoms with Gasteiger partial charge in [-0.25, -0.2) is 0 Å². The van der Waals surface area contributed by atoms with E-state index in [0.717, 1.165) is 17.6 Å². The maximum atomic E-state index is 8.10. The first kappa shape index (κ1) is 20.4. The van der Waals surface area contributed by atoms with Gasteiger partial charge in [-0.3, -0.25) is 5.41 Å². The minimum absolute atomic E-state index is 0. The number of aromatic amines is 1. The maximum absolute atomic E-state index is 8.10. The van der Waals surface area contributed by atoms with Crippen LogP contribution in [0.15, 0.2) is 47.2 Å². The summed E-state index contributed by atoms with van der Waals surface area (Å²) >= 11 is 0. The van der Waals surface area contributed by atoms with Crippen molar-refractivity contribution < 1.29 is 4.42 Å². The van der Waals surface area contributed by atoms with Crippen LogP contribution in [0.5, 0.6) is 0 Å². The Bertz CT molecular complexity index is 860. The molecule has 26 heavy (non-hydrogen) atoms. The fourth-order valence-electron chi connectivity index (χ4n) is 3.54. The topological polar surface area (TPSA) is 68.1 Å². The van der Waals surface area contributed by atoms with Crippen LogP contribution in [-0.4, -0.2) is 35.4 Å². The molecule has 0 aliphatic carbocycles. The number of nitrogens with one attached hydrogen (secondary N) is 3. The first-order chi connectivity index (χ1) is 11.7. The molecule has 5 nitrogen and oxygen atoms in total. The third kappa shape index (κ3) is 4.06. The summed E-state index contributed by atoms with van der Waals surface area (Å²) < 4.78 is 5.27. The Balaban J connectivity index is 0.00000121. The maximum Gasteiger partial charge on any atom is 0.168 e. The highest BCUT2D eigenvalue weighted by Gasteiger charge is 2.22. The first-order valence-corrected chi connectivity index (χ1v) is 8.40. The van der Waals surface area contributed by atoms with Gasteiger partial charge in [0.15, 0.2) is 11.6 Å². The third-order valence-corrected chi connectivity index (χ3v) is 4.93. The quantitative estimate of drug-likeness (QED) is 0.444. The van der Waals surface area contributed by atoms with E-state index in [1.54, 1.807) is 18.4 Å². The lowest BCUT2D eigenvalue weighted by molar-refractivity contribution is 0.310. The summed E-state index contributed by atoms with van der Waals surface area (Å²) in [6, 6.07) is 10.4. The average molecular weight is 395 g/mol. The van der Waals surface area contributed by atoms with Crippen molar-refractivity contribution in [3.8, 4) is 0 Å². The number of benzene rings is 1. The summed E-state index contributed by atoms with van der Waals surface area (Å²) in [5.41, 5.74) is 3.39. The van der Waals surface area contributed by atoms with Crippen LogP contribution in [0.3, 0.4) is 0 Å². The molecule has 1 atom stereocenters. The van der Waals surface area contributed by atoms with Crippen LogP contribution in [-0.2, 0) is 6.42 Å². The number of anilines is 1. The number of furan rings is 1. The molecule has 1 fully saturated rings. The minimum atomic E-state index is 0. The van der Waals surface area contributed by atoms with Gasteiger partial charge in [-0.1, -0.05) is 0 Å². The van der Waals surface area contributed by atoms with E-state index in [1.165, 1.54) is 30.3 Å². The summed E-state index contributed by atoms with van der Waals surface area (Å²) in [6.07, 6.45) is 7.33. The molecule has 1 saturated heterocycles. The van der Waals surface area contributed by atoms with Crippen LogP contribution < -0.4 is 5.32 Å². The van der Waals surface area contributed by atoms with Gasteiger partial charge in [0.25, 0.3) is 0 Å². The Hall–Kier alpha value is -1.95. The van der Waals surface area contributed by atoms with E-state index in [-0.39, 0.29) is 30.6 Å². The molecule has 0 bridgehead atoms. The van der Waals surface area contributed by atoms with Crippen molar-refractivity contribution in [2.45, 2.75) is 25.3 Å². The van der Waals surface area contributed by atoms with Gasteiger partial charge < -0.3 is 19.6 Å². The molecule has 7 heteroatoms. The van der Waals surface area contributed by atoms with Crippen LogP contribution in [0.1, 0.15) is 24.2 Å². The Labute approximate surface area is 165 Å². The number of halogens is 2. The average Bonchev–Trinajstić information content (AvgIpc) is 3.31. The molecule has 0 spiro atoms. The fraction of sp³-hybridized carbons (Fsp3) is 0.316. The second kappa shape index (κ2) is 8.62. The number of nitrogens with zero attached hydrogens (tertiary/aromatic N) is 1. The Morgan fingerprint density at radius 2 is 2.19 bits per heavy atom. The summed E-state index contributed by atoms with van der Waals surface area (Å²) in [5, 5.41) is 12.4. The van der Waals surface area contributed by atoms with Crippen LogP contribution in [0.2, 0.25) is 0 Å². The molecule has 3 N–H and O–H groups in total. The van der Waals surface area contributed by atoms with Crippen LogP contribution in [0.25, 0.3) is 10.9 Å². The van der Waals surface area contributed by atoms with Crippen LogP contribution >= 0.6 is 24.8 Å². The van der Waals surface area contributed by atoms with Crippen molar-refractivity contribution in [1.82, 2.24) is 9.88 Å². The Kier molecular flexibility index (Phi) is 6.75.